The molecule has 1 amide bonds. The van der Waals surface area contributed by atoms with E-state index in [0.717, 1.165) is 23.9 Å². The number of phenolic OH excluding ortho intramolecular Hbond substituents is 1. The summed E-state index contributed by atoms with van der Waals surface area (Å²) in [4.78, 5) is 21.7. The number of fused-ring (bicyclic) bond motifs is 1. The average Bonchev–Trinajstić information content (AvgIpc) is 3.16. The molecule has 0 bridgehead atoms. The number of hydrogen-bond acceptors (Lipinski definition) is 6. The SMILES string of the molecule is O=C(C1=CC=C(NS(=O)(=O)c2cccc3cccnc23)CC1)N1CCCN(Cc2cc(Cl)ccc2O)CC1. The van der Waals surface area contributed by atoms with Crippen LogP contribution in [0.5, 0.6) is 5.75 Å². The number of halogens is 1. The molecule has 1 fully saturated rings. The fraction of sp³-hybridized carbons (Fsp3) is 0.286. The summed E-state index contributed by atoms with van der Waals surface area (Å²) >= 11 is 6.08. The minimum atomic E-state index is -3.82. The predicted molar refractivity (Wildman–Crippen MR) is 147 cm³/mol. The summed E-state index contributed by atoms with van der Waals surface area (Å²) in [7, 11) is -3.82. The summed E-state index contributed by atoms with van der Waals surface area (Å²) in [6, 6.07) is 13.7. The smallest absolute Gasteiger partial charge is 0.263 e. The van der Waals surface area contributed by atoms with Crippen LogP contribution in [0.4, 0.5) is 0 Å². The molecule has 0 radical (unpaired) electrons. The molecule has 8 nitrogen and oxygen atoms in total. The molecule has 5 rings (SSSR count). The van der Waals surface area contributed by atoms with Crippen LogP contribution in [-0.4, -0.2) is 60.4 Å². The monoisotopic (exact) mass is 552 g/mol. The van der Waals surface area contributed by atoms with E-state index in [1.165, 1.54) is 0 Å². The molecule has 2 aliphatic rings. The van der Waals surface area contributed by atoms with Crippen LogP contribution < -0.4 is 4.72 Å². The number of pyridine rings is 1. The van der Waals surface area contributed by atoms with Crippen LogP contribution >= 0.6 is 11.6 Å². The van der Waals surface area contributed by atoms with Crippen LogP contribution in [0.1, 0.15) is 24.8 Å². The lowest BCUT2D eigenvalue weighted by molar-refractivity contribution is -0.127. The topological polar surface area (TPSA) is 103 Å². The third-order valence-corrected chi connectivity index (χ3v) is 8.56. The Labute approximate surface area is 227 Å². The maximum absolute atomic E-state index is 13.2. The molecular formula is C28H29ClN4O4S. The number of carbonyl (C=O) groups is 1. The van der Waals surface area contributed by atoms with Crippen molar-refractivity contribution in [2.45, 2.75) is 30.7 Å². The Balaban J connectivity index is 1.22. The van der Waals surface area contributed by atoms with E-state index in [-0.39, 0.29) is 16.6 Å². The minimum Gasteiger partial charge on any atom is -0.508 e. The van der Waals surface area contributed by atoms with Crippen molar-refractivity contribution in [2.75, 3.05) is 26.2 Å². The summed E-state index contributed by atoms with van der Waals surface area (Å²) in [5.41, 5.74) is 2.40. The molecule has 198 valence electrons. The quantitative estimate of drug-likeness (QED) is 0.475. The van der Waals surface area contributed by atoms with Gasteiger partial charge >= 0.3 is 0 Å². The van der Waals surface area contributed by atoms with Crippen LogP contribution in [0.15, 0.2) is 83.0 Å². The number of benzene rings is 2. The first-order valence-electron chi connectivity index (χ1n) is 12.6. The Morgan fingerprint density at radius 1 is 1.03 bits per heavy atom. The zero-order valence-corrected chi connectivity index (χ0v) is 22.4. The van der Waals surface area contributed by atoms with Gasteiger partial charge in [0.15, 0.2) is 0 Å². The lowest BCUT2D eigenvalue weighted by atomic mass is 10.0. The Morgan fingerprint density at radius 3 is 2.68 bits per heavy atom. The fourth-order valence-corrected chi connectivity index (χ4v) is 6.38. The van der Waals surface area contributed by atoms with Gasteiger partial charge in [-0.2, -0.15) is 0 Å². The zero-order chi connectivity index (χ0) is 26.7. The lowest BCUT2D eigenvalue weighted by Gasteiger charge is -2.24. The highest BCUT2D eigenvalue weighted by Crippen LogP contribution is 2.26. The largest absolute Gasteiger partial charge is 0.508 e. The number of aromatic nitrogens is 1. The van der Waals surface area contributed by atoms with Gasteiger partial charge in [-0.15, -0.1) is 0 Å². The van der Waals surface area contributed by atoms with Gasteiger partial charge < -0.3 is 10.0 Å². The minimum absolute atomic E-state index is 0.0196. The summed E-state index contributed by atoms with van der Waals surface area (Å²) in [6.07, 6.45) is 6.67. The molecule has 2 heterocycles. The second kappa shape index (κ2) is 11.1. The molecule has 1 saturated heterocycles. The summed E-state index contributed by atoms with van der Waals surface area (Å²) in [5.74, 6) is 0.197. The number of sulfonamides is 1. The number of nitrogens with one attached hydrogen (secondary N) is 1. The maximum atomic E-state index is 13.2. The Kier molecular flexibility index (Phi) is 7.69. The second-order valence-corrected chi connectivity index (χ2v) is 11.6. The van der Waals surface area contributed by atoms with E-state index in [1.54, 1.807) is 54.7 Å². The molecule has 1 aliphatic carbocycles. The highest BCUT2D eigenvalue weighted by Gasteiger charge is 2.25. The molecule has 0 atom stereocenters. The van der Waals surface area contributed by atoms with Gasteiger partial charge in [0.2, 0.25) is 5.91 Å². The van der Waals surface area contributed by atoms with E-state index in [9.17, 15) is 18.3 Å². The third-order valence-electron chi connectivity index (χ3n) is 6.89. The lowest BCUT2D eigenvalue weighted by Crippen LogP contribution is -2.36. The number of para-hydroxylation sites is 1. The summed E-state index contributed by atoms with van der Waals surface area (Å²) in [6.45, 7) is 3.28. The Morgan fingerprint density at radius 2 is 1.87 bits per heavy atom. The first kappa shape index (κ1) is 26.2. The number of carbonyl (C=O) groups excluding carboxylic acids is 1. The molecule has 2 aromatic carbocycles. The van der Waals surface area contributed by atoms with Crippen molar-refractivity contribution in [1.82, 2.24) is 19.5 Å². The molecule has 0 unspecified atom stereocenters. The van der Waals surface area contributed by atoms with Crippen molar-refractivity contribution in [2.24, 2.45) is 0 Å². The van der Waals surface area contributed by atoms with Gasteiger partial charge in [-0.1, -0.05) is 35.9 Å². The molecule has 1 aromatic heterocycles. The van der Waals surface area contributed by atoms with E-state index in [1.807, 2.05) is 17.0 Å². The highest BCUT2D eigenvalue weighted by molar-refractivity contribution is 7.89. The fourth-order valence-electron chi connectivity index (χ4n) is 4.88. The van der Waals surface area contributed by atoms with Crippen molar-refractivity contribution in [3.05, 3.63) is 88.7 Å². The van der Waals surface area contributed by atoms with Gasteiger partial charge in [-0.25, -0.2) is 8.42 Å². The molecule has 0 saturated carbocycles. The number of phenols is 1. The van der Waals surface area contributed by atoms with Gasteiger partial charge in [-0.05, 0) is 55.7 Å². The van der Waals surface area contributed by atoms with Crippen molar-refractivity contribution in [3.63, 3.8) is 0 Å². The molecule has 1 aliphatic heterocycles. The van der Waals surface area contributed by atoms with E-state index in [2.05, 4.69) is 14.6 Å². The van der Waals surface area contributed by atoms with Crippen LogP contribution in [0.25, 0.3) is 10.9 Å². The number of rotatable bonds is 6. The van der Waals surface area contributed by atoms with Gasteiger partial charge in [-0.3, -0.25) is 19.4 Å². The van der Waals surface area contributed by atoms with Gasteiger partial charge in [0.25, 0.3) is 10.0 Å². The van der Waals surface area contributed by atoms with Crippen molar-refractivity contribution >= 4 is 38.4 Å². The summed E-state index contributed by atoms with van der Waals surface area (Å²) in [5, 5.41) is 11.5. The first-order chi connectivity index (χ1) is 18.3. The number of nitrogens with zero attached hydrogens (tertiary/aromatic N) is 3. The third kappa shape index (κ3) is 5.85. The summed E-state index contributed by atoms with van der Waals surface area (Å²) < 4.78 is 28.9. The van der Waals surface area contributed by atoms with Crippen LogP contribution in [-0.2, 0) is 21.4 Å². The Bertz CT molecular complexity index is 1530. The molecule has 0 spiro atoms. The van der Waals surface area contributed by atoms with Gasteiger partial charge in [0.05, 0.1) is 5.52 Å². The number of allylic oxidation sites excluding steroid dienone is 3. The normalized spacial score (nSPS) is 17.0. The highest BCUT2D eigenvalue weighted by atomic mass is 35.5. The maximum Gasteiger partial charge on any atom is 0.263 e. The average molecular weight is 553 g/mol. The number of hydrogen-bond donors (Lipinski definition) is 2. The van der Waals surface area contributed by atoms with Crippen molar-refractivity contribution in [3.8, 4) is 5.75 Å². The number of aromatic hydroxyl groups is 1. The van der Waals surface area contributed by atoms with E-state index in [0.29, 0.717) is 60.8 Å². The van der Waals surface area contributed by atoms with E-state index < -0.39 is 10.0 Å². The molecular weight excluding hydrogens is 524 g/mol. The standard InChI is InChI=1S/C28H29ClN4O4S/c29-23-9-12-25(34)22(18-23)19-32-14-3-15-33(17-16-32)28(35)21-7-10-24(11-8-21)31-38(36,37)26-6-1-4-20-5-2-13-30-27(20)26/h1-2,4-7,9-10,12-13,18,31,34H,3,8,11,14-17,19H2. The van der Waals surface area contributed by atoms with Crippen LogP contribution in [0.2, 0.25) is 5.02 Å². The zero-order valence-electron chi connectivity index (χ0n) is 20.8. The predicted octanol–water partition coefficient (Wildman–Crippen LogP) is 4.21. The molecule has 2 N–H and O–H groups in total. The van der Waals surface area contributed by atoms with Crippen LogP contribution in [0, 0.1) is 0 Å². The second-order valence-electron chi connectivity index (χ2n) is 9.52. The molecule has 38 heavy (non-hydrogen) atoms. The van der Waals surface area contributed by atoms with Gasteiger partial charge in [0.1, 0.15) is 10.6 Å². The van der Waals surface area contributed by atoms with Crippen molar-refractivity contribution in [1.29, 1.82) is 0 Å². The number of amides is 1. The Hall–Kier alpha value is -3.40. The molecule has 10 heteroatoms. The van der Waals surface area contributed by atoms with E-state index in [4.69, 9.17) is 11.6 Å². The van der Waals surface area contributed by atoms with Crippen molar-refractivity contribution < 1.29 is 18.3 Å². The molecule has 3 aromatic rings. The van der Waals surface area contributed by atoms with Crippen LogP contribution in [0.3, 0.4) is 0 Å². The van der Waals surface area contributed by atoms with Gasteiger partial charge in [0, 0.05) is 66.2 Å². The first-order valence-corrected chi connectivity index (χ1v) is 14.4. The van der Waals surface area contributed by atoms with E-state index >= 15 is 0 Å².